The van der Waals surface area contributed by atoms with E-state index in [9.17, 15) is 18.4 Å². The van der Waals surface area contributed by atoms with Crippen molar-refractivity contribution in [3.05, 3.63) is 34.4 Å². The lowest BCUT2D eigenvalue weighted by Gasteiger charge is -2.11. The highest BCUT2D eigenvalue weighted by atomic mass is 35.5. The van der Waals surface area contributed by atoms with E-state index in [-0.39, 0.29) is 16.7 Å². The molecule has 0 spiro atoms. The number of benzene rings is 1. The fourth-order valence-electron chi connectivity index (χ4n) is 1.97. The lowest BCUT2D eigenvalue weighted by Crippen LogP contribution is -2.34. The van der Waals surface area contributed by atoms with Crippen molar-refractivity contribution >= 4 is 23.5 Å². The SMILES string of the molecule is O=C(COC(=O)c1cc(F)c(F)cc1Cl)NCC1CCCO1. The smallest absolute Gasteiger partial charge is 0.340 e. The third-order valence-corrected chi connectivity index (χ3v) is 3.43. The Morgan fingerprint density at radius 3 is 2.77 bits per heavy atom. The molecule has 1 N–H and O–H groups in total. The summed E-state index contributed by atoms with van der Waals surface area (Å²) >= 11 is 5.63. The lowest BCUT2D eigenvalue weighted by atomic mass is 10.2. The van der Waals surface area contributed by atoms with Crippen LogP contribution in [0.5, 0.6) is 0 Å². The van der Waals surface area contributed by atoms with Gasteiger partial charge in [0.1, 0.15) is 0 Å². The van der Waals surface area contributed by atoms with Gasteiger partial charge in [-0.3, -0.25) is 4.79 Å². The second kappa shape index (κ2) is 7.51. The van der Waals surface area contributed by atoms with Gasteiger partial charge in [-0.15, -0.1) is 0 Å². The number of carbonyl (C=O) groups excluding carboxylic acids is 2. The predicted octanol–water partition coefficient (Wildman–Crippen LogP) is 2.07. The van der Waals surface area contributed by atoms with E-state index in [0.717, 1.165) is 12.8 Å². The number of esters is 1. The fraction of sp³-hybridized carbons (Fsp3) is 0.429. The first-order valence-corrected chi connectivity index (χ1v) is 7.05. The van der Waals surface area contributed by atoms with Crippen LogP contribution in [0.3, 0.4) is 0 Å². The molecule has 1 aliphatic heterocycles. The summed E-state index contributed by atoms with van der Waals surface area (Å²) < 4.78 is 36.0. The van der Waals surface area contributed by atoms with E-state index in [1.807, 2.05) is 0 Å². The number of nitrogens with one attached hydrogen (secondary N) is 1. The minimum absolute atomic E-state index is 0.0275. The molecule has 1 fully saturated rings. The minimum atomic E-state index is -1.22. The molecular formula is C14H14ClF2NO4. The Labute approximate surface area is 130 Å². The topological polar surface area (TPSA) is 64.6 Å². The fourth-order valence-corrected chi connectivity index (χ4v) is 2.20. The third-order valence-electron chi connectivity index (χ3n) is 3.12. The van der Waals surface area contributed by atoms with Crippen LogP contribution in [0.25, 0.3) is 0 Å². The van der Waals surface area contributed by atoms with Gasteiger partial charge in [0, 0.05) is 13.2 Å². The Kier molecular flexibility index (Phi) is 5.68. The quantitative estimate of drug-likeness (QED) is 0.662. The largest absolute Gasteiger partial charge is 0.452 e. The minimum Gasteiger partial charge on any atom is -0.452 e. The maximum absolute atomic E-state index is 13.1. The number of halogens is 3. The molecule has 0 aliphatic carbocycles. The summed E-state index contributed by atoms with van der Waals surface area (Å²) in [5.74, 6) is -3.91. The van der Waals surface area contributed by atoms with Crippen molar-refractivity contribution in [2.45, 2.75) is 18.9 Å². The summed E-state index contributed by atoms with van der Waals surface area (Å²) in [4.78, 5) is 23.2. The standard InChI is InChI=1S/C14H14ClF2NO4/c15-10-5-12(17)11(16)4-9(10)14(20)22-7-13(19)18-6-8-2-1-3-21-8/h4-5,8H,1-3,6-7H2,(H,18,19). The molecule has 0 radical (unpaired) electrons. The molecule has 1 saturated heterocycles. The molecule has 1 atom stereocenters. The Morgan fingerprint density at radius 1 is 1.36 bits per heavy atom. The Bertz CT molecular complexity index is 576. The van der Waals surface area contributed by atoms with E-state index in [2.05, 4.69) is 5.32 Å². The molecule has 2 rings (SSSR count). The zero-order valence-electron chi connectivity index (χ0n) is 11.5. The summed E-state index contributed by atoms with van der Waals surface area (Å²) in [6.45, 7) is 0.466. The van der Waals surface area contributed by atoms with Gasteiger partial charge in [-0.1, -0.05) is 11.6 Å². The van der Waals surface area contributed by atoms with E-state index in [0.29, 0.717) is 25.3 Å². The third kappa shape index (κ3) is 4.38. The normalized spacial score (nSPS) is 17.3. The Hall–Kier alpha value is -1.73. The molecule has 0 saturated carbocycles. The van der Waals surface area contributed by atoms with Gasteiger partial charge in [0.25, 0.3) is 5.91 Å². The van der Waals surface area contributed by atoms with Crippen molar-refractivity contribution in [2.24, 2.45) is 0 Å². The summed E-state index contributed by atoms with van der Waals surface area (Å²) in [7, 11) is 0. The molecule has 1 aliphatic rings. The number of carbonyl (C=O) groups is 2. The number of hydrogen-bond donors (Lipinski definition) is 1. The van der Waals surface area contributed by atoms with Gasteiger partial charge in [0.15, 0.2) is 18.2 Å². The van der Waals surface area contributed by atoms with Crippen LogP contribution in [0, 0.1) is 11.6 Å². The molecule has 1 aromatic carbocycles. The summed E-state index contributed by atoms with van der Waals surface area (Å²) in [6, 6.07) is 1.30. The molecule has 0 aromatic heterocycles. The van der Waals surface area contributed by atoms with Crippen LogP contribution < -0.4 is 5.32 Å². The maximum Gasteiger partial charge on any atom is 0.340 e. The van der Waals surface area contributed by atoms with Crippen molar-refractivity contribution in [2.75, 3.05) is 19.8 Å². The maximum atomic E-state index is 13.1. The van der Waals surface area contributed by atoms with Crippen LogP contribution >= 0.6 is 11.6 Å². The zero-order chi connectivity index (χ0) is 16.1. The first-order chi connectivity index (χ1) is 10.5. The van der Waals surface area contributed by atoms with E-state index in [1.165, 1.54) is 0 Å². The van der Waals surface area contributed by atoms with Crippen LogP contribution in [0.2, 0.25) is 5.02 Å². The summed E-state index contributed by atoms with van der Waals surface area (Å²) in [5, 5.41) is 2.27. The highest BCUT2D eigenvalue weighted by Crippen LogP contribution is 2.20. The van der Waals surface area contributed by atoms with E-state index >= 15 is 0 Å². The van der Waals surface area contributed by atoms with Gasteiger partial charge in [-0.2, -0.15) is 0 Å². The van der Waals surface area contributed by atoms with Crippen molar-refractivity contribution in [1.29, 1.82) is 0 Å². The van der Waals surface area contributed by atoms with Crippen LogP contribution in [0.15, 0.2) is 12.1 Å². The van der Waals surface area contributed by atoms with Crippen LogP contribution in [-0.4, -0.2) is 37.7 Å². The van der Waals surface area contributed by atoms with E-state index < -0.39 is 30.1 Å². The molecule has 8 heteroatoms. The number of rotatable bonds is 5. The second-order valence-corrected chi connectivity index (χ2v) is 5.17. The van der Waals surface area contributed by atoms with Gasteiger partial charge in [0.05, 0.1) is 16.7 Å². The zero-order valence-corrected chi connectivity index (χ0v) is 12.3. The molecule has 5 nitrogen and oxygen atoms in total. The van der Waals surface area contributed by atoms with Crippen molar-refractivity contribution in [3.8, 4) is 0 Å². The van der Waals surface area contributed by atoms with Gasteiger partial charge in [-0.05, 0) is 25.0 Å². The average molecular weight is 334 g/mol. The molecule has 1 aromatic rings. The summed E-state index contributed by atoms with van der Waals surface area (Å²) in [5.41, 5.74) is -0.340. The second-order valence-electron chi connectivity index (χ2n) is 4.76. The van der Waals surface area contributed by atoms with Gasteiger partial charge >= 0.3 is 5.97 Å². The number of hydrogen-bond acceptors (Lipinski definition) is 4. The van der Waals surface area contributed by atoms with Crippen molar-refractivity contribution in [1.82, 2.24) is 5.32 Å². The average Bonchev–Trinajstić information content (AvgIpc) is 2.99. The highest BCUT2D eigenvalue weighted by molar-refractivity contribution is 6.33. The molecule has 120 valence electrons. The number of ether oxygens (including phenoxy) is 2. The summed E-state index contributed by atoms with van der Waals surface area (Å²) in [6.07, 6.45) is 1.79. The van der Waals surface area contributed by atoms with Gasteiger partial charge < -0.3 is 14.8 Å². The molecule has 22 heavy (non-hydrogen) atoms. The first-order valence-electron chi connectivity index (χ1n) is 6.67. The van der Waals surface area contributed by atoms with Gasteiger partial charge in [-0.25, -0.2) is 13.6 Å². The van der Waals surface area contributed by atoms with E-state index in [1.54, 1.807) is 0 Å². The van der Waals surface area contributed by atoms with E-state index in [4.69, 9.17) is 21.1 Å². The monoisotopic (exact) mass is 333 g/mol. The molecule has 1 unspecified atom stereocenters. The van der Waals surface area contributed by atoms with Crippen LogP contribution in [0.4, 0.5) is 8.78 Å². The van der Waals surface area contributed by atoms with Gasteiger partial charge in [0.2, 0.25) is 0 Å². The molecule has 1 amide bonds. The molecule has 1 heterocycles. The van der Waals surface area contributed by atoms with Crippen LogP contribution in [-0.2, 0) is 14.3 Å². The Balaban J connectivity index is 1.81. The van der Waals surface area contributed by atoms with Crippen LogP contribution in [0.1, 0.15) is 23.2 Å². The predicted molar refractivity (Wildman–Crippen MR) is 73.6 cm³/mol. The van der Waals surface area contributed by atoms with Crippen molar-refractivity contribution < 1.29 is 27.8 Å². The lowest BCUT2D eigenvalue weighted by molar-refractivity contribution is -0.124. The number of amides is 1. The molecule has 0 bridgehead atoms. The first kappa shape index (κ1) is 16.6. The highest BCUT2D eigenvalue weighted by Gasteiger charge is 2.19. The molecular weight excluding hydrogens is 320 g/mol. The Morgan fingerprint density at radius 2 is 2.09 bits per heavy atom. The van der Waals surface area contributed by atoms with Crippen molar-refractivity contribution in [3.63, 3.8) is 0 Å².